The molecule has 2 heterocycles. The lowest BCUT2D eigenvalue weighted by Gasteiger charge is -2.18. The minimum Gasteiger partial charge on any atom is -0.366 e. The Kier molecular flexibility index (Phi) is 5.29. The van der Waals surface area contributed by atoms with Gasteiger partial charge in [-0.2, -0.15) is 0 Å². The lowest BCUT2D eigenvalue weighted by atomic mass is 10.1. The fourth-order valence-corrected chi connectivity index (χ4v) is 5.88. The third-order valence-electron chi connectivity index (χ3n) is 5.50. The molecule has 3 aromatic rings. The average molecular weight is 414 g/mol. The van der Waals surface area contributed by atoms with Crippen LogP contribution in [-0.4, -0.2) is 15.5 Å². The van der Waals surface area contributed by atoms with Crippen molar-refractivity contribution >= 4 is 39.2 Å². The number of rotatable bonds is 5. The molecule has 0 radical (unpaired) electrons. The molecule has 0 aliphatic heterocycles. The molecule has 146 valence electrons. The average Bonchev–Trinajstić information content (AvgIpc) is 3.29. The van der Waals surface area contributed by atoms with Crippen molar-refractivity contribution in [1.29, 1.82) is 0 Å². The number of aromatic nitrogens is 2. The first-order chi connectivity index (χ1) is 13.5. The number of hydrogen-bond donors (Lipinski definition) is 1. The SMILES string of the molecule is Cc1sc2nc(SCc3ccc(C(N)=O)cc3)n(C3CCCC3)c(=O)c2c1C. The fraction of sp³-hybridized carbons (Fsp3) is 0.381. The minimum atomic E-state index is -0.426. The molecule has 1 aliphatic rings. The van der Waals surface area contributed by atoms with Crippen molar-refractivity contribution in [3.8, 4) is 0 Å². The number of thiophene rings is 1. The zero-order valence-corrected chi connectivity index (χ0v) is 17.7. The van der Waals surface area contributed by atoms with E-state index in [2.05, 4.69) is 0 Å². The maximum absolute atomic E-state index is 13.4. The van der Waals surface area contributed by atoms with Crippen LogP contribution in [-0.2, 0) is 5.75 Å². The first-order valence-electron chi connectivity index (χ1n) is 9.49. The summed E-state index contributed by atoms with van der Waals surface area (Å²) in [4.78, 5) is 31.5. The van der Waals surface area contributed by atoms with E-state index in [0.717, 1.165) is 57.1 Å². The Morgan fingerprint density at radius 3 is 2.57 bits per heavy atom. The predicted octanol–water partition coefficient (Wildman–Crippen LogP) is 4.58. The number of hydrogen-bond acceptors (Lipinski definition) is 5. The molecule has 0 spiro atoms. The van der Waals surface area contributed by atoms with Crippen LogP contribution in [0.4, 0.5) is 0 Å². The zero-order valence-electron chi connectivity index (χ0n) is 16.0. The van der Waals surface area contributed by atoms with E-state index in [4.69, 9.17) is 10.7 Å². The number of aryl methyl sites for hydroxylation is 2. The van der Waals surface area contributed by atoms with Crippen LogP contribution < -0.4 is 11.3 Å². The van der Waals surface area contributed by atoms with Gasteiger partial charge in [-0.1, -0.05) is 36.7 Å². The van der Waals surface area contributed by atoms with Crippen LogP contribution in [0.15, 0.2) is 34.2 Å². The molecule has 0 saturated heterocycles. The minimum absolute atomic E-state index is 0.102. The van der Waals surface area contributed by atoms with Gasteiger partial charge in [-0.05, 0) is 49.9 Å². The predicted molar refractivity (Wildman–Crippen MR) is 115 cm³/mol. The third kappa shape index (κ3) is 3.49. The van der Waals surface area contributed by atoms with Crippen molar-refractivity contribution in [2.75, 3.05) is 0 Å². The molecule has 0 atom stereocenters. The van der Waals surface area contributed by atoms with Gasteiger partial charge in [0, 0.05) is 22.2 Å². The Hall–Kier alpha value is -2.12. The molecule has 2 N–H and O–H groups in total. The summed E-state index contributed by atoms with van der Waals surface area (Å²) in [6.07, 6.45) is 4.40. The zero-order chi connectivity index (χ0) is 19.8. The maximum Gasteiger partial charge on any atom is 0.263 e. The highest BCUT2D eigenvalue weighted by atomic mass is 32.2. The van der Waals surface area contributed by atoms with Crippen LogP contribution >= 0.6 is 23.1 Å². The highest BCUT2D eigenvalue weighted by Gasteiger charge is 2.24. The summed E-state index contributed by atoms with van der Waals surface area (Å²) in [6.45, 7) is 4.07. The monoisotopic (exact) mass is 413 g/mol. The lowest BCUT2D eigenvalue weighted by molar-refractivity contribution is 0.100. The Balaban J connectivity index is 1.71. The summed E-state index contributed by atoms with van der Waals surface area (Å²) < 4.78 is 1.94. The molecule has 7 heteroatoms. The van der Waals surface area contributed by atoms with E-state index in [9.17, 15) is 9.59 Å². The van der Waals surface area contributed by atoms with Crippen molar-refractivity contribution in [3.63, 3.8) is 0 Å². The summed E-state index contributed by atoms with van der Waals surface area (Å²) in [5.74, 6) is 0.261. The van der Waals surface area contributed by atoms with Crippen LogP contribution in [0.3, 0.4) is 0 Å². The number of thioether (sulfide) groups is 1. The van der Waals surface area contributed by atoms with Crippen molar-refractivity contribution in [2.24, 2.45) is 5.73 Å². The van der Waals surface area contributed by atoms with Crippen molar-refractivity contribution in [2.45, 2.75) is 56.5 Å². The van der Waals surface area contributed by atoms with Crippen molar-refractivity contribution < 1.29 is 4.79 Å². The van der Waals surface area contributed by atoms with Gasteiger partial charge in [0.1, 0.15) is 4.83 Å². The second-order valence-electron chi connectivity index (χ2n) is 7.32. The molecule has 0 unspecified atom stereocenters. The van der Waals surface area contributed by atoms with Gasteiger partial charge in [-0.3, -0.25) is 14.2 Å². The van der Waals surface area contributed by atoms with Gasteiger partial charge in [0.05, 0.1) is 5.39 Å². The van der Waals surface area contributed by atoms with E-state index in [1.165, 1.54) is 0 Å². The molecule has 1 aromatic carbocycles. The van der Waals surface area contributed by atoms with Gasteiger partial charge in [0.25, 0.3) is 5.56 Å². The molecular weight excluding hydrogens is 390 g/mol. The van der Waals surface area contributed by atoms with Crippen molar-refractivity contribution in [1.82, 2.24) is 9.55 Å². The molecule has 1 saturated carbocycles. The van der Waals surface area contributed by atoms with Crippen LogP contribution in [0.25, 0.3) is 10.2 Å². The Morgan fingerprint density at radius 2 is 1.93 bits per heavy atom. The fourth-order valence-electron chi connectivity index (χ4n) is 3.79. The molecule has 2 aromatic heterocycles. The van der Waals surface area contributed by atoms with Gasteiger partial charge >= 0.3 is 0 Å². The molecule has 4 rings (SSSR count). The first kappa shape index (κ1) is 19.2. The number of nitrogens with zero attached hydrogens (tertiary/aromatic N) is 2. The summed E-state index contributed by atoms with van der Waals surface area (Å²) >= 11 is 3.18. The molecule has 0 bridgehead atoms. The van der Waals surface area contributed by atoms with Crippen LogP contribution in [0.5, 0.6) is 0 Å². The van der Waals surface area contributed by atoms with E-state index in [1.54, 1.807) is 35.2 Å². The van der Waals surface area contributed by atoms with Gasteiger partial charge in [-0.25, -0.2) is 4.98 Å². The van der Waals surface area contributed by atoms with Crippen molar-refractivity contribution in [3.05, 3.63) is 56.2 Å². The third-order valence-corrected chi connectivity index (χ3v) is 7.62. The molecule has 1 fully saturated rings. The van der Waals surface area contributed by atoms with E-state index in [-0.39, 0.29) is 11.6 Å². The topological polar surface area (TPSA) is 78.0 Å². The molecule has 1 aliphatic carbocycles. The maximum atomic E-state index is 13.4. The highest BCUT2D eigenvalue weighted by Crippen LogP contribution is 2.35. The summed E-state index contributed by atoms with van der Waals surface area (Å²) in [6, 6.07) is 7.53. The number of benzene rings is 1. The smallest absolute Gasteiger partial charge is 0.263 e. The summed E-state index contributed by atoms with van der Waals surface area (Å²) in [5, 5.41) is 1.58. The summed E-state index contributed by atoms with van der Waals surface area (Å²) in [7, 11) is 0. The second kappa shape index (κ2) is 7.72. The number of carbonyl (C=O) groups excluding carboxylic acids is 1. The molecule has 28 heavy (non-hydrogen) atoms. The van der Waals surface area contributed by atoms with Gasteiger partial charge in [0.15, 0.2) is 5.16 Å². The van der Waals surface area contributed by atoms with E-state index in [0.29, 0.717) is 11.3 Å². The normalized spacial score (nSPS) is 14.8. The van der Waals surface area contributed by atoms with Crippen LogP contribution in [0.2, 0.25) is 0 Å². The number of primary amides is 1. The van der Waals surface area contributed by atoms with Crippen LogP contribution in [0.1, 0.15) is 58.1 Å². The molecule has 1 amide bonds. The van der Waals surface area contributed by atoms with Crippen LogP contribution in [0, 0.1) is 13.8 Å². The Bertz CT molecular complexity index is 1090. The second-order valence-corrected chi connectivity index (χ2v) is 9.47. The van der Waals surface area contributed by atoms with E-state index >= 15 is 0 Å². The van der Waals surface area contributed by atoms with Gasteiger partial charge in [0.2, 0.25) is 5.91 Å². The first-order valence-corrected chi connectivity index (χ1v) is 11.3. The summed E-state index contributed by atoms with van der Waals surface area (Å²) in [5.41, 5.74) is 8.04. The number of amides is 1. The molecule has 5 nitrogen and oxygen atoms in total. The number of carbonyl (C=O) groups is 1. The lowest BCUT2D eigenvalue weighted by Crippen LogP contribution is -2.26. The Morgan fingerprint density at radius 1 is 1.25 bits per heavy atom. The number of nitrogens with two attached hydrogens (primary N) is 1. The van der Waals surface area contributed by atoms with Gasteiger partial charge < -0.3 is 5.73 Å². The largest absolute Gasteiger partial charge is 0.366 e. The van der Waals surface area contributed by atoms with E-state index in [1.807, 2.05) is 30.5 Å². The highest BCUT2D eigenvalue weighted by molar-refractivity contribution is 7.98. The molecular formula is C21H23N3O2S2. The Labute approximate surface area is 172 Å². The van der Waals surface area contributed by atoms with E-state index < -0.39 is 5.91 Å². The quantitative estimate of drug-likeness (QED) is 0.490. The van der Waals surface area contributed by atoms with Gasteiger partial charge in [-0.15, -0.1) is 11.3 Å². The number of fused-ring (bicyclic) bond motifs is 1. The standard InChI is InChI=1S/C21H23N3O2S2/c1-12-13(2)28-19-17(12)20(26)24(16-5-3-4-6-16)21(23-19)27-11-14-7-9-15(10-8-14)18(22)25/h7-10,16H,3-6,11H2,1-2H3,(H2,22,25).